The second-order valence-electron chi connectivity index (χ2n) is 8.65. The Morgan fingerprint density at radius 3 is 2.74 bits per heavy atom. The fourth-order valence-electron chi connectivity index (χ4n) is 4.36. The lowest BCUT2D eigenvalue weighted by Crippen LogP contribution is -2.32. The van der Waals surface area contributed by atoms with Gasteiger partial charge in [0.05, 0.1) is 16.4 Å². The molecule has 1 aliphatic heterocycles. The molecule has 174 valence electrons. The van der Waals surface area contributed by atoms with Gasteiger partial charge in [-0.25, -0.2) is 14.6 Å². The molecule has 4 aromatic heterocycles. The van der Waals surface area contributed by atoms with E-state index in [4.69, 9.17) is 4.98 Å². The molecule has 1 aliphatic rings. The van der Waals surface area contributed by atoms with E-state index in [-0.39, 0.29) is 5.91 Å². The quantitative estimate of drug-likeness (QED) is 0.447. The molecule has 8 nitrogen and oxygen atoms in total. The Bertz CT molecular complexity index is 1280. The Balaban J connectivity index is 1.23. The molecule has 9 heteroatoms. The van der Waals surface area contributed by atoms with E-state index in [0.717, 1.165) is 48.9 Å². The number of carbonyl (C=O) groups excluding carboxylic acids is 1. The van der Waals surface area contributed by atoms with Gasteiger partial charge in [-0.05, 0) is 69.6 Å². The molecule has 5 rings (SSSR count). The average Bonchev–Trinajstić information content (AvgIpc) is 3.47. The van der Waals surface area contributed by atoms with Crippen LogP contribution in [0.5, 0.6) is 0 Å². The van der Waals surface area contributed by atoms with Crippen LogP contribution in [0.1, 0.15) is 51.2 Å². The molecule has 1 amide bonds. The molecule has 0 aliphatic carbocycles. The standard InChI is InChI=1S/C25H27N7OS/c1-17-13-18(2)32(30-17)23-21(6-4-10-27-23)28-24(33)22-16-34-25(29-22)20-7-11-31(12-8-20)15-19-5-3-9-26-14-19/h3-6,9-10,13-14,16,20H,7-8,11-12,15H2,1-2H3,(H,28,33). The summed E-state index contributed by atoms with van der Waals surface area (Å²) in [5, 5.41) is 10.4. The molecule has 1 N–H and O–H groups in total. The zero-order valence-electron chi connectivity index (χ0n) is 19.3. The van der Waals surface area contributed by atoms with Crippen molar-refractivity contribution < 1.29 is 4.79 Å². The lowest BCUT2D eigenvalue weighted by Gasteiger charge is -2.30. The minimum absolute atomic E-state index is 0.229. The number of hydrogen-bond donors (Lipinski definition) is 1. The highest BCUT2D eigenvalue weighted by Crippen LogP contribution is 2.31. The van der Waals surface area contributed by atoms with E-state index < -0.39 is 0 Å². The van der Waals surface area contributed by atoms with Crippen molar-refractivity contribution >= 4 is 22.9 Å². The summed E-state index contributed by atoms with van der Waals surface area (Å²) in [5.41, 5.74) is 4.15. The first kappa shape index (κ1) is 22.4. The number of aryl methyl sites for hydroxylation is 2. The molecule has 34 heavy (non-hydrogen) atoms. The normalized spacial score (nSPS) is 14.9. The van der Waals surface area contributed by atoms with Crippen molar-refractivity contribution in [3.63, 3.8) is 0 Å². The number of carbonyl (C=O) groups is 1. The highest BCUT2D eigenvalue weighted by Gasteiger charge is 2.24. The predicted octanol–water partition coefficient (Wildman–Crippen LogP) is 4.37. The van der Waals surface area contributed by atoms with E-state index in [9.17, 15) is 4.79 Å². The number of aromatic nitrogens is 5. The lowest BCUT2D eigenvalue weighted by molar-refractivity contribution is 0.102. The van der Waals surface area contributed by atoms with Crippen LogP contribution in [0.25, 0.3) is 5.82 Å². The largest absolute Gasteiger partial charge is 0.317 e. The Morgan fingerprint density at radius 1 is 1.18 bits per heavy atom. The Kier molecular flexibility index (Phi) is 6.46. The zero-order chi connectivity index (χ0) is 23.5. The van der Waals surface area contributed by atoms with Crippen molar-refractivity contribution in [2.75, 3.05) is 18.4 Å². The first-order valence-corrected chi connectivity index (χ1v) is 12.3. The molecule has 0 atom stereocenters. The molecule has 5 heterocycles. The van der Waals surface area contributed by atoms with E-state index >= 15 is 0 Å². The van der Waals surface area contributed by atoms with Gasteiger partial charge in [-0.3, -0.25) is 14.7 Å². The average molecular weight is 474 g/mol. The molecule has 0 unspecified atom stereocenters. The maximum Gasteiger partial charge on any atom is 0.275 e. The Labute approximate surface area is 202 Å². The van der Waals surface area contributed by atoms with Gasteiger partial charge >= 0.3 is 0 Å². The van der Waals surface area contributed by atoms with Crippen LogP contribution in [0, 0.1) is 13.8 Å². The molecule has 0 aromatic carbocycles. The molecular formula is C25H27N7OS. The SMILES string of the molecule is Cc1cc(C)n(-c2ncccc2NC(=O)c2csc(C3CCN(Cc4cccnc4)CC3)n2)n1. The second-order valence-corrected chi connectivity index (χ2v) is 9.54. The summed E-state index contributed by atoms with van der Waals surface area (Å²) in [6, 6.07) is 9.72. The number of hydrogen-bond acceptors (Lipinski definition) is 7. The van der Waals surface area contributed by atoms with Crippen LogP contribution in [-0.4, -0.2) is 48.6 Å². The van der Waals surface area contributed by atoms with Crippen molar-refractivity contribution in [3.05, 3.63) is 82.0 Å². The van der Waals surface area contributed by atoms with Gasteiger partial charge in [-0.1, -0.05) is 6.07 Å². The van der Waals surface area contributed by atoms with Gasteiger partial charge in [0, 0.05) is 42.1 Å². The highest BCUT2D eigenvalue weighted by atomic mass is 32.1. The Morgan fingerprint density at radius 2 is 2.00 bits per heavy atom. The third-order valence-corrected chi connectivity index (χ3v) is 7.07. The first-order chi connectivity index (χ1) is 16.6. The summed E-state index contributed by atoms with van der Waals surface area (Å²) in [6.07, 6.45) is 7.52. The molecule has 4 aromatic rings. The predicted molar refractivity (Wildman–Crippen MR) is 132 cm³/mol. The van der Waals surface area contributed by atoms with Crippen LogP contribution in [-0.2, 0) is 6.54 Å². The lowest BCUT2D eigenvalue weighted by atomic mass is 9.97. The zero-order valence-corrected chi connectivity index (χ0v) is 20.1. The fraction of sp³-hybridized carbons (Fsp3) is 0.320. The number of rotatable bonds is 6. The Hall–Kier alpha value is -3.43. The van der Waals surface area contributed by atoms with Gasteiger partial charge in [-0.15, -0.1) is 11.3 Å². The summed E-state index contributed by atoms with van der Waals surface area (Å²) in [5.74, 6) is 0.755. The van der Waals surface area contributed by atoms with Crippen LogP contribution >= 0.6 is 11.3 Å². The summed E-state index contributed by atoms with van der Waals surface area (Å²) < 4.78 is 1.75. The maximum absolute atomic E-state index is 13.0. The van der Waals surface area contributed by atoms with Gasteiger partial charge in [0.15, 0.2) is 5.82 Å². The van der Waals surface area contributed by atoms with Crippen LogP contribution in [0.3, 0.4) is 0 Å². The molecule has 0 saturated carbocycles. The molecule has 1 saturated heterocycles. The van der Waals surface area contributed by atoms with E-state index in [0.29, 0.717) is 23.1 Å². The van der Waals surface area contributed by atoms with Crippen LogP contribution in [0.15, 0.2) is 54.3 Å². The minimum Gasteiger partial charge on any atom is -0.317 e. The van der Waals surface area contributed by atoms with E-state index in [1.54, 1.807) is 34.5 Å². The summed E-state index contributed by atoms with van der Waals surface area (Å²) in [7, 11) is 0. The van der Waals surface area contributed by atoms with E-state index in [2.05, 4.69) is 31.3 Å². The molecule has 0 bridgehead atoms. The third kappa shape index (κ3) is 4.90. The van der Waals surface area contributed by atoms with Crippen LogP contribution in [0.4, 0.5) is 5.69 Å². The number of anilines is 1. The smallest absolute Gasteiger partial charge is 0.275 e. The molecule has 0 spiro atoms. The van der Waals surface area contributed by atoms with Gasteiger partial charge in [0.2, 0.25) is 0 Å². The van der Waals surface area contributed by atoms with Crippen molar-refractivity contribution in [1.29, 1.82) is 0 Å². The minimum atomic E-state index is -0.229. The highest BCUT2D eigenvalue weighted by molar-refractivity contribution is 7.10. The second kappa shape index (κ2) is 9.82. The van der Waals surface area contributed by atoms with E-state index in [1.165, 1.54) is 5.56 Å². The van der Waals surface area contributed by atoms with E-state index in [1.807, 2.05) is 43.6 Å². The fourth-order valence-corrected chi connectivity index (χ4v) is 5.33. The first-order valence-electron chi connectivity index (χ1n) is 11.4. The third-order valence-electron chi connectivity index (χ3n) is 6.07. The van der Waals surface area contributed by atoms with Crippen molar-refractivity contribution in [2.24, 2.45) is 0 Å². The van der Waals surface area contributed by atoms with Crippen LogP contribution in [0.2, 0.25) is 0 Å². The van der Waals surface area contributed by atoms with Crippen molar-refractivity contribution in [1.82, 2.24) is 29.6 Å². The van der Waals surface area contributed by atoms with Crippen LogP contribution < -0.4 is 5.32 Å². The summed E-state index contributed by atoms with van der Waals surface area (Å²) in [4.78, 5) is 28.8. The molecule has 1 fully saturated rings. The topological polar surface area (TPSA) is 88.8 Å². The number of nitrogens with zero attached hydrogens (tertiary/aromatic N) is 6. The van der Waals surface area contributed by atoms with Gasteiger partial charge in [0.1, 0.15) is 5.69 Å². The number of pyridine rings is 2. The van der Waals surface area contributed by atoms with Gasteiger partial charge < -0.3 is 5.32 Å². The molecular weight excluding hydrogens is 446 g/mol. The van der Waals surface area contributed by atoms with Gasteiger partial charge in [-0.2, -0.15) is 5.10 Å². The van der Waals surface area contributed by atoms with Crippen molar-refractivity contribution in [3.8, 4) is 5.82 Å². The number of amides is 1. The number of thiazole rings is 1. The maximum atomic E-state index is 13.0. The number of piperidine rings is 1. The summed E-state index contributed by atoms with van der Waals surface area (Å²) in [6.45, 7) is 6.86. The summed E-state index contributed by atoms with van der Waals surface area (Å²) >= 11 is 1.57. The number of nitrogens with one attached hydrogen (secondary N) is 1. The number of likely N-dealkylation sites (tertiary alicyclic amines) is 1. The van der Waals surface area contributed by atoms with Crippen molar-refractivity contribution in [2.45, 2.75) is 39.2 Å². The van der Waals surface area contributed by atoms with Gasteiger partial charge in [0.25, 0.3) is 5.91 Å². The molecule has 0 radical (unpaired) electrons. The monoisotopic (exact) mass is 473 g/mol.